The quantitative estimate of drug-likeness (QED) is 0.599. The maximum absolute atomic E-state index is 9.87. The van der Waals surface area contributed by atoms with Crippen LogP contribution in [0.1, 0.15) is 0 Å². The number of carboxylic acid groups (broad SMARTS) is 2. The zero-order valence-corrected chi connectivity index (χ0v) is 11.2. The lowest BCUT2D eigenvalue weighted by atomic mass is 10.5. The molecule has 0 heterocycles. The summed E-state index contributed by atoms with van der Waals surface area (Å²) in [5.74, 6) is -2.82. The van der Waals surface area contributed by atoms with E-state index in [0.29, 0.717) is 0 Å². The van der Waals surface area contributed by atoms with Crippen molar-refractivity contribution in [3.05, 3.63) is 20.1 Å². The third kappa shape index (κ3) is 8.08. The van der Waals surface area contributed by atoms with Gasteiger partial charge in [-0.2, -0.15) is 0 Å². The molecule has 0 aromatic rings. The molecule has 0 aromatic heterocycles. The molecular weight excluding hydrogens is 334 g/mol. The fraction of sp³-hybridized carbons (Fsp3) is 0. The molecule has 0 saturated carbocycles. The van der Waals surface area contributed by atoms with Gasteiger partial charge in [0.2, 0.25) is 0 Å². The first kappa shape index (κ1) is 19.3. The van der Waals surface area contributed by atoms with Crippen molar-refractivity contribution in [2.45, 2.75) is 0 Å². The summed E-state index contributed by atoms with van der Waals surface area (Å²) < 4.78 is 0. The van der Waals surface area contributed by atoms with Crippen LogP contribution in [0.15, 0.2) is 20.1 Å². The first-order chi connectivity index (χ1) is 8.18. The van der Waals surface area contributed by atoms with Crippen LogP contribution in [0.3, 0.4) is 0 Å². The van der Waals surface area contributed by atoms with Crippen molar-refractivity contribution in [3.63, 3.8) is 0 Å². The molecule has 0 unspecified atom stereocenters. The van der Waals surface area contributed by atoms with E-state index >= 15 is 0 Å². The van der Waals surface area contributed by atoms with Gasteiger partial charge in [0.15, 0.2) is 12.6 Å². The van der Waals surface area contributed by atoms with Crippen LogP contribution >= 0.6 is 46.4 Å². The first-order valence-electron chi connectivity index (χ1n) is 3.66. The van der Waals surface area contributed by atoms with Gasteiger partial charge in [-0.15, -0.1) is 0 Å². The lowest BCUT2D eigenvalue weighted by Crippen LogP contribution is -1.96. The Morgan fingerprint density at radius 3 is 1.00 bits per heavy atom. The predicted molar refractivity (Wildman–Crippen MR) is 64.9 cm³/mol. The maximum atomic E-state index is 9.87. The number of rotatable bonds is 4. The van der Waals surface area contributed by atoms with Crippen molar-refractivity contribution in [2.75, 3.05) is 0 Å². The van der Waals surface area contributed by atoms with E-state index in [1.807, 2.05) is 0 Å². The lowest BCUT2D eigenvalue weighted by molar-refractivity contribution is -0.133. The highest BCUT2D eigenvalue weighted by Gasteiger charge is 2.08. The van der Waals surface area contributed by atoms with Gasteiger partial charge in [-0.3, -0.25) is 9.59 Å². The summed E-state index contributed by atoms with van der Waals surface area (Å²) >= 11 is 20.0. The van der Waals surface area contributed by atoms with Crippen molar-refractivity contribution in [1.29, 1.82) is 0 Å². The summed E-state index contributed by atoms with van der Waals surface area (Å²) in [6, 6.07) is 0. The Bertz CT molecular complexity index is 385. The van der Waals surface area contributed by atoms with Gasteiger partial charge in [0.05, 0.1) is 0 Å². The molecule has 0 aromatic carbocycles. The highest BCUT2D eigenvalue weighted by atomic mass is 35.5. The highest BCUT2D eigenvalue weighted by molar-refractivity contribution is 6.52. The molecule has 18 heavy (non-hydrogen) atoms. The average Bonchev–Trinajstić information content (AvgIpc) is 2.35. The van der Waals surface area contributed by atoms with Crippen molar-refractivity contribution in [3.8, 4) is 0 Å². The zero-order chi connectivity index (χ0) is 14.9. The molecule has 0 fully saturated rings. The van der Waals surface area contributed by atoms with Gasteiger partial charge in [-0.25, -0.2) is 9.59 Å². The Kier molecular flexibility index (Phi) is 10.6. The molecule has 10 heteroatoms. The number of hydrogen-bond acceptors (Lipinski definition) is 4. The second-order valence-electron chi connectivity index (χ2n) is 2.17. The number of allylic oxidation sites excluding steroid dienone is 2. The van der Waals surface area contributed by atoms with Gasteiger partial charge in [0.25, 0.3) is 0 Å². The van der Waals surface area contributed by atoms with Crippen molar-refractivity contribution >= 4 is 70.9 Å². The smallest absolute Gasteiger partial charge is 0.348 e. The van der Waals surface area contributed by atoms with Crippen LogP contribution in [0.25, 0.3) is 0 Å². The van der Waals surface area contributed by atoms with Crippen LogP contribution < -0.4 is 0 Å². The number of carbonyl (C=O) groups is 4. The second-order valence-corrected chi connectivity index (χ2v) is 3.74. The van der Waals surface area contributed by atoms with Crippen molar-refractivity contribution in [1.82, 2.24) is 0 Å². The molecular formula is C8H4Cl4O6. The predicted octanol–water partition coefficient (Wildman–Crippen LogP) is 1.92. The standard InChI is InChI=1S/2C4H2Cl2O3/c2*5-2(1-7)3(6)4(8)9/h2*1H,(H,8,9). The average molecular weight is 338 g/mol. The molecule has 0 atom stereocenters. The minimum Gasteiger partial charge on any atom is -0.477 e. The topological polar surface area (TPSA) is 109 Å². The van der Waals surface area contributed by atoms with E-state index in [4.69, 9.17) is 56.6 Å². The van der Waals surface area contributed by atoms with Gasteiger partial charge in [0.1, 0.15) is 20.1 Å². The highest BCUT2D eigenvalue weighted by Crippen LogP contribution is 2.11. The van der Waals surface area contributed by atoms with Crippen LogP contribution in [0, 0.1) is 0 Å². The number of carbonyl (C=O) groups excluding carboxylic acids is 2. The second kappa shape index (κ2) is 9.90. The molecule has 0 aliphatic heterocycles. The molecule has 0 bridgehead atoms. The van der Waals surface area contributed by atoms with Crippen molar-refractivity contribution in [2.24, 2.45) is 0 Å². The number of halogens is 4. The molecule has 0 aliphatic rings. The summed E-state index contributed by atoms with van der Waals surface area (Å²) in [6.07, 6.45) is 0.329. The molecule has 0 amide bonds. The van der Waals surface area contributed by atoms with E-state index in [-0.39, 0.29) is 12.6 Å². The van der Waals surface area contributed by atoms with Crippen LogP contribution in [0.2, 0.25) is 0 Å². The molecule has 0 rings (SSSR count). The van der Waals surface area contributed by atoms with E-state index < -0.39 is 32.1 Å². The normalized spacial score (nSPS) is 12.2. The van der Waals surface area contributed by atoms with Crippen LogP contribution in [0.4, 0.5) is 0 Å². The van der Waals surface area contributed by atoms with Gasteiger partial charge in [0, 0.05) is 0 Å². The van der Waals surface area contributed by atoms with Crippen LogP contribution in [-0.2, 0) is 19.2 Å². The summed E-state index contributed by atoms with van der Waals surface area (Å²) in [4.78, 5) is 39.2. The minimum absolute atomic E-state index is 0.165. The molecule has 2 N–H and O–H groups in total. The Morgan fingerprint density at radius 1 is 0.722 bits per heavy atom. The summed E-state index contributed by atoms with van der Waals surface area (Å²) in [5.41, 5.74) is 0. The van der Waals surface area contributed by atoms with E-state index in [1.165, 1.54) is 0 Å². The number of aliphatic carboxylic acids is 2. The van der Waals surface area contributed by atoms with E-state index in [2.05, 4.69) is 0 Å². The van der Waals surface area contributed by atoms with Crippen molar-refractivity contribution < 1.29 is 29.4 Å². The molecule has 0 radical (unpaired) electrons. The zero-order valence-electron chi connectivity index (χ0n) is 8.19. The fourth-order valence-corrected chi connectivity index (χ4v) is 0.559. The fourth-order valence-electron chi connectivity index (χ4n) is 0.308. The maximum Gasteiger partial charge on any atom is 0.348 e. The van der Waals surface area contributed by atoms with Crippen LogP contribution in [0.5, 0.6) is 0 Å². The Morgan fingerprint density at radius 2 is 0.944 bits per heavy atom. The number of carboxylic acids is 2. The van der Waals surface area contributed by atoms with Gasteiger partial charge < -0.3 is 10.2 Å². The van der Waals surface area contributed by atoms with Gasteiger partial charge >= 0.3 is 11.9 Å². The van der Waals surface area contributed by atoms with Gasteiger partial charge in [-0.1, -0.05) is 46.4 Å². The minimum atomic E-state index is -1.41. The van der Waals surface area contributed by atoms with E-state index in [1.54, 1.807) is 0 Å². The molecule has 0 aliphatic carbocycles. The largest absolute Gasteiger partial charge is 0.477 e. The van der Waals surface area contributed by atoms with Crippen LogP contribution in [-0.4, -0.2) is 34.7 Å². The third-order valence-electron chi connectivity index (χ3n) is 1.00. The Labute approximate surface area is 120 Å². The summed E-state index contributed by atoms with van der Waals surface area (Å²) in [7, 11) is 0. The first-order valence-corrected chi connectivity index (χ1v) is 5.17. The molecule has 6 nitrogen and oxygen atoms in total. The Balaban J connectivity index is 0. The monoisotopic (exact) mass is 336 g/mol. The van der Waals surface area contributed by atoms with E-state index in [0.717, 1.165) is 0 Å². The number of hydrogen-bond donors (Lipinski definition) is 2. The molecule has 100 valence electrons. The lowest BCUT2D eigenvalue weighted by Gasteiger charge is -1.86. The summed E-state index contributed by atoms with van der Waals surface area (Å²) in [6.45, 7) is 0. The van der Waals surface area contributed by atoms with E-state index in [9.17, 15) is 19.2 Å². The Hall–Kier alpha value is -1.08. The van der Waals surface area contributed by atoms with Gasteiger partial charge in [-0.05, 0) is 0 Å². The molecule has 0 spiro atoms. The SMILES string of the molecule is O=CC(Cl)=C(Cl)C(=O)O.O=CC(Cl)=C(Cl)C(=O)O. The third-order valence-corrected chi connectivity index (χ3v) is 2.48. The number of aldehydes is 2. The molecule has 0 saturated heterocycles. The summed E-state index contributed by atoms with van der Waals surface area (Å²) in [5, 5.41) is 13.8.